The first-order valence-electron chi connectivity index (χ1n) is 6.12. The van der Waals surface area contributed by atoms with Crippen molar-refractivity contribution in [3.63, 3.8) is 0 Å². The Morgan fingerprint density at radius 2 is 2.20 bits per heavy atom. The van der Waals surface area contributed by atoms with Crippen molar-refractivity contribution < 1.29 is 4.92 Å². The van der Waals surface area contributed by atoms with Crippen molar-refractivity contribution in [1.82, 2.24) is 9.97 Å². The van der Waals surface area contributed by atoms with Crippen LogP contribution in [0.1, 0.15) is 11.1 Å². The highest BCUT2D eigenvalue weighted by Crippen LogP contribution is 2.25. The van der Waals surface area contributed by atoms with Gasteiger partial charge in [0.25, 0.3) is 0 Å². The molecular weight excluding hydrogens is 258 g/mol. The smallest absolute Gasteiger partial charge is 0.352 e. The van der Waals surface area contributed by atoms with Crippen LogP contribution in [-0.4, -0.2) is 21.4 Å². The van der Waals surface area contributed by atoms with Crippen molar-refractivity contribution in [2.75, 3.05) is 17.6 Å². The Labute approximate surface area is 116 Å². The molecule has 2 aromatic rings. The summed E-state index contributed by atoms with van der Waals surface area (Å²) in [6.45, 7) is 2.55. The van der Waals surface area contributed by atoms with Crippen LogP contribution in [0.15, 0.2) is 30.6 Å². The Morgan fingerprint density at radius 3 is 2.90 bits per heavy atom. The lowest BCUT2D eigenvalue weighted by atomic mass is 10.1. The first kappa shape index (κ1) is 13.7. The van der Waals surface area contributed by atoms with Crippen LogP contribution in [0.5, 0.6) is 0 Å². The third kappa shape index (κ3) is 3.19. The summed E-state index contributed by atoms with van der Waals surface area (Å²) in [6, 6.07) is 8.09. The molecule has 7 heteroatoms. The predicted molar refractivity (Wildman–Crippen MR) is 76.5 cm³/mol. The number of nitrogens with one attached hydrogen (secondary N) is 1. The van der Waals surface area contributed by atoms with Gasteiger partial charge < -0.3 is 11.1 Å². The molecule has 1 aromatic heterocycles. The van der Waals surface area contributed by atoms with Crippen molar-refractivity contribution in [3.05, 3.63) is 51.8 Å². The first-order valence-corrected chi connectivity index (χ1v) is 6.12. The lowest BCUT2D eigenvalue weighted by molar-refractivity contribution is -0.383. The second-order valence-corrected chi connectivity index (χ2v) is 4.38. The molecule has 0 atom stereocenters. The van der Waals surface area contributed by atoms with E-state index in [1.807, 2.05) is 25.1 Å². The quantitative estimate of drug-likeness (QED) is 0.636. The Balaban J connectivity index is 2.05. The number of aromatic nitrogens is 2. The number of nitrogens with zero attached hydrogens (tertiary/aromatic N) is 3. The van der Waals surface area contributed by atoms with E-state index < -0.39 is 4.92 Å². The van der Waals surface area contributed by atoms with Gasteiger partial charge in [-0.2, -0.15) is 0 Å². The van der Waals surface area contributed by atoms with E-state index in [0.717, 1.165) is 12.0 Å². The topological polar surface area (TPSA) is 107 Å². The summed E-state index contributed by atoms with van der Waals surface area (Å²) < 4.78 is 0. The van der Waals surface area contributed by atoms with Crippen LogP contribution in [-0.2, 0) is 6.42 Å². The average molecular weight is 273 g/mol. The molecular formula is C13H15N5O2. The van der Waals surface area contributed by atoms with Crippen LogP contribution in [0.3, 0.4) is 0 Å². The van der Waals surface area contributed by atoms with Crippen molar-refractivity contribution in [1.29, 1.82) is 0 Å². The molecule has 0 aliphatic carbocycles. The number of hydrogen-bond donors (Lipinski definition) is 2. The second-order valence-electron chi connectivity index (χ2n) is 4.38. The van der Waals surface area contributed by atoms with Crippen molar-refractivity contribution >= 4 is 17.3 Å². The van der Waals surface area contributed by atoms with Crippen LogP contribution in [0.4, 0.5) is 17.3 Å². The number of anilines is 2. The summed E-state index contributed by atoms with van der Waals surface area (Å²) in [5.41, 5.74) is 7.55. The largest absolute Gasteiger partial charge is 0.378 e. The maximum Gasteiger partial charge on any atom is 0.352 e. The molecule has 0 unspecified atom stereocenters. The summed E-state index contributed by atoms with van der Waals surface area (Å²) in [7, 11) is 0. The summed E-state index contributed by atoms with van der Waals surface area (Å²) in [4.78, 5) is 17.8. The molecule has 3 N–H and O–H groups in total. The van der Waals surface area contributed by atoms with Crippen LogP contribution in [0, 0.1) is 17.0 Å². The minimum atomic E-state index is -0.579. The fraction of sp³-hybridized carbons (Fsp3) is 0.231. The number of nitrogen functional groups attached to an aromatic ring is 1. The molecule has 2 rings (SSSR count). The Kier molecular flexibility index (Phi) is 4.09. The van der Waals surface area contributed by atoms with Gasteiger partial charge in [-0.15, -0.1) is 0 Å². The van der Waals surface area contributed by atoms with E-state index >= 15 is 0 Å². The van der Waals surface area contributed by atoms with Gasteiger partial charge in [0.2, 0.25) is 11.6 Å². The maximum atomic E-state index is 10.9. The molecule has 1 heterocycles. The van der Waals surface area contributed by atoms with Crippen molar-refractivity contribution in [2.45, 2.75) is 13.3 Å². The summed E-state index contributed by atoms with van der Waals surface area (Å²) in [6.07, 6.45) is 1.94. The van der Waals surface area contributed by atoms with Gasteiger partial charge in [0.05, 0.1) is 4.92 Å². The van der Waals surface area contributed by atoms with E-state index in [-0.39, 0.29) is 17.3 Å². The van der Waals surface area contributed by atoms with Gasteiger partial charge in [0.15, 0.2) is 0 Å². The van der Waals surface area contributed by atoms with E-state index in [1.54, 1.807) is 0 Å². The zero-order valence-electron chi connectivity index (χ0n) is 11.0. The Bertz CT molecular complexity index is 630. The van der Waals surface area contributed by atoms with Gasteiger partial charge in [-0.05, 0) is 18.9 Å². The SMILES string of the molecule is Cc1cccc(CCNc2ncnc(N)c2[N+](=O)[O-])c1. The van der Waals surface area contributed by atoms with Crippen LogP contribution in [0.25, 0.3) is 0 Å². The van der Waals surface area contributed by atoms with Crippen LogP contribution >= 0.6 is 0 Å². The van der Waals surface area contributed by atoms with Gasteiger partial charge in [-0.25, -0.2) is 9.97 Å². The molecule has 0 amide bonds. The zero-order chi connectivity index (χ0) is 14.5. The first-order chi connectivity index (χ1) is 9.58. The molecule has 0 bridgehead atoms. The molecule has 0 fully saturated rings. The van der Waals surface area contributed by atoms with Gasteiger partial charge >= 0.3 is 5.69 Å². The predicted octanol–water partition coefficient (Wildman–Crippen LogP) is 1.93. The molecule has 104 valence electrons. The highest BCUT2D eigenvalue weighted by atomic mass is 16.6. The minimum Gasteiger partial charge on any atom is -0.378 e. The van der Waals surface area contributed by atoms with E-state index in [9.17, 15) is 10.1 Å². The van der Waals surface area contributed by atoms with Gasteiger partial charge in [0, 0.05) is 6.54 Å². The van der Waals surface area contributed by atoms with Crippen molar-refractivity contribution in [3.8, 4) is 0 Å². The lowest BCUT2D eigenvalue weighted by Gasteiger charge is -2.07. The van der Waals surface area contributed by atoms with E-state index in [0.29, 0.717) is 6.54 Å². The normalized spacial score (nSPS) is 10.2. The highest BCUT2D eigenvalue weighted by molar-refractivity contribution is 5.67. The molecule has 20 heavy (non-hydrogen) atoms. The number of aryl methyl sites for hydroxylation is 1. The van der Waals surface area contributed by atoms with Gasteiger partial charge in [-0.1, -0.05) is 29.8 Å². The van der Waals surface area contributed by atoms with Gasteiger partial charge in [0.1, 0.15) is 6.33 Å². The third-order valence-corrected chi connectivity index (χ3v) is 2.82. The molecule has 0 aliphatic heterocycles. The molecule has 0 aliphatic rings. The van der Waals surface area contributed by atoms with Gasteiger partial charge in [-0.3, -0.25) is 10.1 Å². The number of benzene rings is 1. The summed E-state index contributed by atoms with van der Waals surface area (Å²) in [5, 5.41) is 13.9. The molecule has 0 saturated carbocycles. The average Bonchev–Trinajstić information content (AvgIpc) is 2.38. The fourth-order valence-corrected chi connectivity index (χ4v) is 1.89. The van der Waals surface area contributed by atoms with E-state index in [4.69, 9.17) is 5.73 Å². The number of nitrogens with two attached hydrogens (primary N) is 1. The van der Waals surface area contributed by atoms with E-state index in [2.05, 4.69) is 21.4 Å². The molecule has 0 radical (unpaired) electrons. The standard InChI is InChI=1S/C13H15N5O2/c1-9-3-2-4-10(7-9)5-6-15-13-11(18(19)20)12(14)16-8-17-13/h2-4,7-8H,5-6H2,1H3,(H3,14,15,16,17). The Morgan fingerprint density at radius 1 is 1.40 bits per heavy atom. The number of nitro groups is 1. The molecule has 0 spiro atoms. The summed E-state index contributed by atoms with van der Waals surface area (Å²) in [5.74, 6) is 0.0122. The highest BCUT2D eigenvalue weighted by Gasteiger charge is 2.20. The maximum absolute atomic E-state index is 10.9. The monoisotopic (exact) mass is 273 g/mol. The third-order valence-electron chi connectivity index (χ3n) is 2.82. The van der Waals surface area contributed by atoms with Crippen LogP contribution < -0.4 is 11.1 Å². The molecule has 0 saturated heterocycles. The zero-order valence-corrected chi connectivity index (χ0v) is 11.0. The fourth-order valence-electron chi connectivity index (χ4n) is 1.89. The molecule has 1 aromatic carbocycles. The minimum absolute atomic E-state index is 0.136. The van der Waals surface area contributed by atoms with Crippen LogP contribution in [0.2, 0.25) is 0 Å². The Hall–Kier alpha value is -2.70. The number of hydrogen-bond acceptors (Lipinski definition) is 6. The second kappa shape index (κ2) is 5.96. The van der Waals surface area contributed by atoms with E-state index in [1.165, 1.54) is 11.9 Å². The number of rotatable bonds is 5. The van der Waals surface area contributed by atoms with Crippen molar-refractivity contribution in [2.24, 2.45) is 0 Å². The molecule has 7 nitrogen and oxygen atoms in total. The lowest BCUT2D eigenvalue weighted by Crippen LogP contribution is -2.10. The summed E-state index contributed by atoms with van der Waals surface area (Å²) >= 11 is 0.